The van der Waals surface area contributed by atoms with Crippen LogP contribution in [0, 0.1) is 0 Å². The maximum absolute atomic E-state index is 4.53. The monoisotopic (exact) mass is 382 g/mol. The van der Waals surface area contributed by atoms with Crippen LogP contribution in [-0.4, -0.2) is 48.6 Å². The van der Waals surface area contributed by atoms with E-state index in [1.165, 1.54) is 23.3 Å². The largest absolute Gasteiger partial charge is 0.330 e. The number of hydrogen-bond donors (Lipinski definition) is 0. The second-order valence-electron chi connectivity index (χ2n) is 7.19. The van der Waals surface area contributed by atoms with Crippen molar-refractivity contribution in [2.24, 2.45) is 7.05 Å². The molecule has 0 amide bonds. The number of benzene rings is 1. The van der Waals surface area contributed by atoms with Gasteiger partial charge in [0.15, 0.2) is 5.82 Å². The fraction of sp³-hybridized carbons (Fsp3) is 0.450. The zero-order valence-corrected chi connectivity index (χ0v) is 16.8. The van der Waals surface area contributed by atoms with Crippen molar-refractivity contribution in [1.82, 2.24) is 29.2 Å². The molecule has 0 saturated carbocycles. The Balaban J connectivity index is 1.42. The smallest absolute Gasteiger partial charge is 0.152 e. The Kier molecular flexibility index (Phi) is 5.59. The van der Waals surface area contributed by atoms with Crippen molar-refractivity contribution in [3.8, 4) is 0 Å². The highest BCUT2D eigenvalue weighted by Crippen LogP contribution is 2.27. The zero-order chi connectivity index (χ0) is 18.6. The summed E-state index contributed by atoms with van der Waals surface area (Å²) in [5.74, 6) is 2.53. The third kappa shape index (κ3) is 4.25. The second kappa shape index (κ2) is 8.27. The number of aromatic nitrogens is 5. The van der Waals surface area contributed by atoms with E-state index in [-0.39, 0.29) is 0 Å². The molecule has 4 rings (SSSR count). The van der Waals surface area contributed by atoms with Gasteiger partial charge in [-0.3, -0.25) is 4.90 Å². The van der Waals surface area contributed by atoms with Gasteiger partial charge < -0.3 is 9.13 Å². The highest BCUT2D eigenvalue weighted by molar-refractivity contribution is 7.98. The van der Waals surface area contributed by atoms with E-state index < -0.39 is 0 Å². The highest BCUT2D eigenvalue weighted by atomic mass is 32.2. The first kappa shape index (κ1) is 18.3. The number of thioether (sulfide) groups is 1. The number of nitrogens with zero attached hydrogens (tertiary/aromatic N) is 6. The van der Waals surface area contributed by atoms with E-state index in [1.807, 2.05) is 17.1 Å². The molecule has 0 bridgehead atoms. The van der Waals surface area contributed by atoms with Crippen LogP contribution in [0.2, 0.25) is 0 Å². The molecule has 0 N–H and O–H groups in total. The maximum atomic E-state index is 4.53. The molecular formula is C20H26N6S. The molecule has 1 aromatic carbocycles. The van der Waals surface area contributed by atoms with Crippen LogP contribution in [0.25, 0.3) is 0 Å². The van der Waals surface area contributed by atoms with Crippen LogP contribution in [0.1, 0.15) is 36.0 Å². The highest BCUT2D eigenvalue weighted by Gasteiger charge is 2.26. The van der Waals surface area contributed by atoms with Crippen molar-refractivity contribution < 1.29 is 0 Å². The van der Waals surface area contributed by atoms with Crippen molar-refractivity contribution in [2.75, 3.05) is 19.3 Å². The molecule has 27 heavy (non-hydrogen) atoms. The van der Waals surface area contributed by atoms with Crippen molar-refractivity contribution in [2.45, 2.75) is 36.7 Å². The summed E-state index contributed by atoms with van der Waals surface area (Å²) in [5, 5.41) is 8.97. The van der Waals surface area contributed by atoms with Gasteiger partial charge in [0.2, 0.25) is 0 Å². The topological polar surface area (TPSA) is 51.8 Å². The molecule has 1 atom stereocenters. The van der Waals surface area contributed by atoms with E-state index in [0.29, 0.717) is 12.5 Å². The van der Waals surface area contributed by atoms with Crippen molar-refractivity contribution in [1.29, 1.82) is 0 Å². The van der Waals surface area contributed by atoms with Crippen LogP contribution in [0.15, 0.2) is 47.9 Å². The molecule has 7 heteroatoms. The standard InChI is InChI=1S/C20H26N6S/c1-24-19(14-26-11-9-21-15-26)22-23-20(24)17-4-3-10-25(13-17)12-16-5-7-18(27-2)8-6-16/h5-9,11,15,17H,3-4,10,12-14H2,1-2H3/t17-/m1/s1. The van der Waals surface area contributed by atoms with E-state index in [2.05, 4.69) is 62.2 Å². The first-order valence-corrected chi connectivity index (χ1v) is 10.6. The number of piperidine rings is 1. The van der Waals surface area contributed by atoms with E-state index in [0.717, 1.165) is 31.3 Å². The lowest BCUT2D eigenvalue weighted by Crippen LogP contribution is -2.34. The minimum atomic E-state index is 0.443. The number of imidazole rings is 1. The Hall–Kier alpha value is -2.12. The van der Waals surface area contributed by atoms with Crippen molar-refractivity contribution in [3.63, 3.8) is 0 Å². The maximum Gasteiger partial charge on any atom is 0.152 e. The zero-order valence-electron chi connectivity index (χ0n) is 16.0. The average molecular weight is 383 g/mol. The summed E-state index contributed by atoms with van der Waals surface area (Å²) >= 11 is 1.79. The second-order valence-corrected chi connectivity index (χ2v) is 8.07. The third-order valence-electron chi connectivity index (χ3n) is 5.32. The van der Waals surface area contributed by atoms with Crippen molar-refractivity contribution >= 4 is 11.8 Å². The lowest BCUT2D eigenvalue weighted by molar-refractivity contribution is 0.195. The van der Waals surface area contributed by atoms with Crippen LogP contribution in [0.5, 0.6) is 0 Å². The Bertz CT molecular complexity index is 855. The summed E-state index contributed by atoms with van der Waals surface area (Å²) in [7, 11) is 2.09. The Labute approximate surface area is 164 Å². The van der Waals surface area contributed by atoms with Crippen molar-refractivity contribution in [3.05, 3.63) is 60.2 Å². The molecule has 0 radical (unpaired) electrons. The van der Waals surface area contributed by atoms with Gasteiger partial charge in [-0.1, -0.05) is 12.1 Å². The van der Waals surface area contributed by atoms with Gasteiger partial charge in [0.25, 0.3) is 0 Å². The van der Waals surface area contributed by atoms with Gasteiger partial charge in [-0.05, 0) is 43.3 Å². The van der Waals surface area contributed by atoms with Gasteiger partial charge in [0.1, 0.15) is 5.82 Å². The molecule has 1 aliphatic heterocycles. The number of hydrogen-bond acceptors (Lipinski definition) is 5. The molecule has 1 saturated heterocycles. The summed E-state index contributed by atoms with van der Waals surface area (Å²) in [6, 6.07) is 8.93. The van der Waals surface area contributed by atoms with E-state index in [4.69, 9.17) is 0 Å². The molecule has 0 unspecified atom stereocenters. The predicted octanol–water partition coefficient (Wildman–Crippen LogP) is 3.16. The van der Waals surface area contributed by atoms with Crippen LogP contribution < -0.4 is 0 Å². The molecule has 3 heterocycles. The van der Waals surface area contributed by atoms with E-state index >= 15 is 0 Å². The normalized spacial score (nSPS) is 18.1. The fourth-order valence-corrected chi connectivity index (χ4v) is 4.22. The fourth-order valence-electron chi connectivity index (χ4n) is 3.81. The van der Waals surface area contributed by atoms with Gasteiger partial charge in [0, 0.05) is 43.3 Å². The van der Waals surface area contributed by atoms with Crippen LogP contribution >= 0.6 is 11.8 Å². The third-order valence-corrected chi connectivity index (χ3v) is 6.06. The molecule has 3 aromatic rings. The quantitative estimate of drug-likeness (QED) is 0.613. The summed E-state index contributed by atoms with van der Waals surface area (Å²) < 4.78 is 4.20. The van der Waals surface area contributed by atoms with Gasteiger partial charge in [-0.2, -0.15) is 0 Å². The molecule has 2 aromatic heterocycles. The first-order valence-electron chi connectivity index (χ1n) is 9.42. The SMILES string of the molecule is CSc1ccc(CN2CCC[C@@H](c3nnc(Cn4ccnc4)n3C)C2)cc1. The summed E-state index contributed by atoms with van der Waals surface area (Å²) in [4.78, 5) is 7.97. The molecule has 1 aliphatic rings. The van der Waals surface area contributed by atoms with Gasteiger partial charge in [-0.25, -0.2) is 4.98 Å². The Morgan fingerprint density at radius 3 is 2.74 bits per heavy atom. The van der Waals surface area contributed by atoms with E-state index in [1.54, 1.807) is 18.0 Å². The first-order chi connectivity index (χ1) is 13.2. The lowest BCUT2D eigenvalue weighted by Gasteiger charge is -2.32. The van der Waals surface area contributed by atoms with E-state index in [9.17, 15) is 0 Å². The Morgan fingerprint density at radius 1 is 1.15 bits per heavy atom. The number of likely N-dealkylation sites (tertiary alicyclic amines) is 1. The lowest BCUT2D eigenvalue weighted by atomic mass is 9.96. The molecule has 0 aliphatic carbocycles. The number of rotatable bonds is 6. The molecule has 142 valence electrons. The van der Waals surface area contributed by atoms with Crippen LogP contribution in [-0.2, 0) is 20.1 Å². The Morgan fingerprint density at radius 2 is 2.00 bits per heavy atom. The minimum absolute atomic E-state index is 0.443. The average Bonchev–Trinajstić information content (AvgIpc) is 3.33. The van der Waals surface area contributed by atoms with Crippen LogP contribution in [0.4, 0.5) is 0 Å². The summed E-state index contributed by atoms with van der Waals surface area (Å²) in [6.45, 7) is 3.91. The molecule has 0 spiro atoms. The molecule has 1 fully saturated rings. The minimum Gasteiger partial charge on any atom is -0.330 e. The molecule has 6 nitrogen and oxygen atoms in total. The molecular weight excluding hydrogens is 356 g/mol. The predicted molar refractivity (Wildman–Crippen MR) is 108 cm³/mol. The van der Waals surface area contributed by atoms with Gasteiger partial charge >= 0.3 is 0 Å². The van der Waals surface area contributed by atoms with Gasteiger partial charge in [0.05, 0.1) is 12.9 Å². The van der Waals surface area contributed by atoms with Gasteiger partial charge in [-0.15, -0.1) is 22.0 Å². The van der Waals surface area contributed by atoms with Crippen LogP contribution in [0.3, 0.4) is 0 Å². The summed E-state index contributed by atoms with van der Waals surface area (Å²) in [6.07, 6.45) is 10.1. The summed E-state index contributed by atoms with van der Waals surface area (Å²) in [5.41, 5.74) is 1.38.